The van der Waals surface area contributed by atoms with Crippen LogP contribution in [-0.4, -0.2) is 85.8 Å². The standard InChI is InChI=1S/C32H54N4O8/c1-21(2)27(37)33-17-13-9-11-15-19-35-29(39)25-23(41-31(5,6)43-25)24-26(44-32(7,8)42-24)30(40)36-20-16-12-10-14-18-34-28(38)22(3)4/h23-26H,1,3,9-20H2,2,4-8H3,(H,33,37)(H,34,38)(H,35,39)(H,36,40). The summed E-state index contributed by atoms with van der Waals surface area (Å²) >= 11 is 0. The lowest BCUT2D eigenvalue weighted by molar-refractivity contribution is -0.175. The fourth-order valence-electron chi connectivity index (χ4n) is 5.00. The van der Waals surface area contributed by atoms with Gasteiger partial charge in [0, 0.05) is 37.3 Å². The van der Waals surface area contributed by atoms with E-state index in [1.165, 1.54) is 0 Å². The zero-order chi connectivity index (χ0) is 32.9. The molecule has 0 radical (unpaired) electrons. The van der Waals surface area contributed by atoms with Crippen LogP contribution in [0.25, 0.3) is 0 Å². The van der Waals surface area contributed by atoms with Crippen LogP contribution in [0, 0.1) is 0 Å². The van der Waals surface area contributed by atoms with Crippen LogP contribution in [0.4, 0.5) is 0 Å². The zero-order valence-electron chi connectivity index (χ0n) is 27.5. The molecule has 44 heavy (non-hydrogen) atoms. The van der Waals surface area contributed by atoms with E-state index in [0.29, 0.717) is 37.3 Å². The molecule has 250 valence electrons. The van der Waals surface area contributed by atoms with E-state index in [1.807, 2.05) is 0 Å². The van der Waals surface area contributed by atoms with Crippen molar-refractivity contribution in [2.75, 3.05) is 26.2 Å². The minimum absolute atomic E-state index is 0.136. The van der Waals surface area contributed by atoms with Crippen molar-refractivity contribution >= 4 is 23.6 Å². The van der Waals surface area contributed by atoms with Crippen LogP contribution >= 0.6 is 0 Å². The molecule has 0 aromatic rings. The normalized spacial score (nSPS) is 23.5. The second kappa shape index (κ2) is 17.6. The van der Waals surface area contributed by atoms with Gasteiger partial charge < -0.3 is 40.2 Å². The fraction of sp³-hybridized carbons (Fsp3) is 0.750. The number of ether oxygens (including phenoxy) is 4. The van der Waals surface area contributed by atoms with Gasteiger partial charge in [0.25, 0.3) is 11.8 Å². The van der Waals surface area contributed by atoms with Gasteiger partial charge in [-0.3, -0.25) is 19.2 Å². The highest BCUT2D eigenvalue weighted by atomic mass is 16.8. The summed E-state index contributed by atoms with van der Waals surface area (Å²) in [6, 6.07) is 0. The van der Waals surface area contributed by atoms with E-state index in [4.69, 9.17) is 18.9 Å². The van der Waals surface area contributed by atoms with Crippen molar-refractivity contribution in [1.29, 1.82) is 0 Å². The van der Waals surface area contributed by atoms with Crippen molar-refractivity contribution < 1.29 is 38.1 Å². The highest BCUT2D eigenvalue weighted by Crippen LogP contribution is 2.38. The highest BCUT2D eigenvalue weighted by Gasteiger charge is 2.57. The van der Waals surface area contributed by atoms with E-state index < -0.39 is 36.0 Å². The lowest BCUT2D eigenvalue weighted by Crippen LogP contribution is -2.52. The molecule has 12 heteroatoms. The first-order valence-electron chi connectivity index (χ1n) is 15.8. The van der Waals surface area contributed by atoms with Gasteiger partial charge in [-0.2, -0.15) is 0 Å². The zero-order valence-corrected chi connectivity index (χ0v) is 27.5. The van der Waals surface area contributed by atoms with Crippen molar-refractivity contribution in [2.45, 2.75) is 129 Å². The van der Waals surface area contributed by atoms with Crippen molar-refractivity contribution in [3.63, 3.8) is 0 Å². The van der Waals surface area contributed by atoms with Gasteiger partial charge in [0.05, 0.1) is 0 Å². The second-order valence-corrected chi connectivity index (χ2v) is 12.5. The molecule has 12 nitrogen and oxygen atoms in total. The minimum Gasteiger partial charge on any atom is -0.354 e. The van der Waals surface area contributed by atoms with Gasteiger partial charge >= 0.3 is 0 Å². The van der Waals surface area contributed by atoms with Gasteiger partial charge in [-0.15, -0.1) is 0 Å². The molecule has 0 aromatic heterocycles. The first kappa shape index (κ1) is 37.4. The van der Waals surface area contributed by atoms with Crippen LogP contribution in [0.2, 0.25) is 0 Å². The number of hydrogen-bond acceptors (Lipinski definition) is 8. The average Bonchev–Trinajstić information content (AvgIpc) is 3.45. The Bertz CT molecular complexity index is 948. The summed E-state index contributed by atoms with van der Waals surface area (Å²) in [5, 5.41) is 11.5. The summed E-state index contributed by atoms with van der Waals surface area (Å²) in [6.45, 7) is 19.6. The number of carbonyl (C=O) groups is 4. The van der Waals surface area contributed by atoms with Gasteiger partial charge in [-0.1, -0.05) is 38.8 Å². The summed E-state index contributed by atoms with van der Waals surface area (Å²) in [4.78, 5) is 49.5. The Morgan fingerprint density at radius 1 is 0.523 bits per heavy atom. The Morgan fingerprint density at radius 3 is 1.11 bits per heavy atom. The molecule has 4 N–H and O–H groups in total. The van der Waals surface area contributed by atoms with E-state index in [9.17, 15) is 19.2 Å². The lowest BCUT2D eigenvalue weighted by Gasteiger charge is -2.25. The van der Waals surface area contributed by atoms with Crippen molar-refractivity contribution in [1.82, 2.24) is 21.3 Å². The third-order valence-corrected chi connectivity index (χ3v) is 7.25. The molecule has 0 aromatic carbocycles. The van der Waals surface area contributed by atoms with Crippen LogP contribution in [0.1, 0.15) is 92.9 Å². The monoisotopic (exact) mass is 622 g/mol. The van der Waals surface area contributed by atoms with Gasteiger partial charge in [-0.05, 0) is 67.2 Å². The number of hydrogen-bond donors (Lipinski definition) is 4. The minimum atomic E-state index is -1.05. The summed E-state index contributed by atoms with van der Waals surface area (Å²) in [7, 11) is 0. The molecule has 2 aliphatic rings. The van der Waals surface area contributed by atoms with Gasteiger partial charge in [0.2, 0.25) is 11.8 Å². The second-order valence-electron chi connectivity index (χ2n) is 12.5. The number of nitrogens with one attached hydrogen (secondary N) is 4. The van der Waals surface area contributed by atoms with E-state index >= 15 is 0 Å². The first-order chi connectivity index (χ1) is 20.6. The van der Waals surface area contributed by atoms with E-state index in [1.54, 1.807) is 41.5 Å². The molecule has 4 unspecified atom stereocenters. The molecule has 0 bridgehead atoms. The smallest absolute Gasteiger partial charge is 0.252 e. The molecular formula is C32H54N4O8. The largest absolute Gasteiger partial charge is 0.354 e. The number of rotatable bonds is 19. The Hall–Kier alpha value is -2.80. The van der Waals surface area contributed by atoms with E-state index in [-0.39, 0.29) is 23.6 Å². The number of amides is 4. The molecule has 2 heterocycles. The number of carbonyl (C=O) groups excluding carboxylic acids is 4. The van der Waals surface area contributed by atoms with Crippen LogP contribution in [0.5, 0.6) is 0 Å². The lowest BCUT2D eigenvalue weighted by atomic mass is 10.0. The van der Waals surface area contributed by atoms with Crippen LogP contribution < -0.4 is 21.3 Å². The molecule has 2 aliphatic heterocycles. The molecule has 4 atom stereocenters. The average molecular weight is 623 g/mol. The maximum absolute atomic E-state index is 13.2. The van der Waals surface area contributed by atoms with Gasteiger partial charge in [0.1, 0.15) is 12.2 Å². The topological polar surface area (TPSA) is 153 Å². The molecule has 0 aliphatic carbocycles. The Kier molecular flexibility index (Phi) is 15.0. The maximum atomic E-state index is 13.2. The SMILES string of the molecule is C=C(C)C(=O)NCCCCCCNC(=O)C1OC(C)(C)OC1C1OC(C)(C)OC1C(=O)NCCCCCCNC(=O)C(=C)C. The van der Waals surface area contributed by atoms with Crippen LogP contribution in [-0.2, 0) is 38.1 Å². The highest BCUT2D eigenvalue weighted by molar-refractivity contribution is 5.92. The molecule has 0 spiro atoms. The predicted octanol–water partition coefficient (Wildman–Crippen LogP) is 2.76. The molecule has 4 amide bonds. The first-order valence-corrected chi connectivity index (χ1v) is 15.8. The summed E-state index contributed by atoms with van der Waals surface area (Å²) < 4.78 is 24.2. The summed E-state index contributed by atoms with van der Waals surface area (Å²) in [6.07, 6.45) is 3.17. The third-order valence-electron chi connectivity index (χ3n) is 7.25. The fourth-order valence-corrected chi connectivity index (χ4v) is 5.00. The molecule has 0 saturated carbocycles. The van der Waals surface area contributed by atoms with Gasteiger partial charge in [0.15, 0.2) is 23.8 Å². The van der Waals surface area contributed by atoms with Crippen molar-refractivity contribution in [2.24, 2.45) is 0 Å². The third kappa shape index (κ3) is 12.7. The molecule has 2 saturated heterocycles. The van der Waals surface area contributed by atoms with Crippen LogP contribution in [0.15, 0.2) is 24.3 Å². The predicted molar refractivity (Wildman–Crippen MR) is 166 cm³/mol. The summed E-state index contributed by atoms with van der Waals surface area (Å²) in [5.74, 6) is -3.04. The Morgan fingerprint density at radius 2 is 0.818 bits per heavy atom. The van der Waals surface area contributed by atoms with Gasteiger partial charge in [-0.25, -0.2) is 0 Å². The van der Waals surface area contributed by atoms with Crippen LogP contribution in [0.3, 0.4) is 0 Å². The number of unbranched alkanes of at least 4 members (excludes halogenated alkanes) is 6. The summed E-state index contributed by atoms with van der Waals surface area (Å²) in [5.41, 5.74) is 0.978. The maximum Gasteiger partial charge on any atom is 0.252 e. The van der Waals surface area contributed by atoms with Crippen molar-refractivity contribution in [3.05, 3.63) is 24.3 Å². The molecule has 2 fully saturated rings. The molecule has 2 rings (SSSR count). The van der Waals surface area contributed by atoms with Crippen molar-refractivity contribution in [3.8, 4) is 0 Å². The van der Waals surface area contributed by atoms with E-state index in [2.05, 4.69) is 34.4 Å². The molecular weight excluding hydrogens is 568 g/mol. The Balaban J connectivity index is 1.81. The Labute approximate surface area is 262 Å². The quantitative estimate of drug-likeness (QED) is 0.127. The van der Waals surface area contributed by atoms with E-state index in [0.717, 1.165) is 51.4 Å².